The molecule has 0 aromatic carbocycles. The van der Waals surface area contributed by atoms with Gasteiger partial charge in [0.05, 0.1) is 5.01 Å². The predicted octanol–water partition coefficient (Wildman–Crippen LogP) is 2.29. The van der Waals surface area contributed by atoms with Crippen LogP contribution in [0.3, 0.4) is 0 Å². The highest BCUT2D eigenvalue weighted by molar-refractivity contribution is 7.09. The zero-order valence-electron chi connectivity index (χ0n) is 11.8. The van der Waals surface area contributed by atoms with Gasteiger partial charge in [-0.05, 0) is 32.2 Å². The number of carbonyl (C=O) groups excluding carboxylic acids is 1. The Labute approximate surface area is 119 Å². The molecule has 1 aliphatic rings. The molecule has 1 saturated heterocycles. The molecule has 0 aliphatic carbocycles. The molecule has 2 unspecified atom stereocenters. The maximum absolute atomic E-state index is 12.6. The summed E-state index contributed by atoms with van der Waals surface area (Å²) < 4.78 is 0. The summed E-state index contributed by atoms with van der Waals surface area (Å²) in [5.74, 6) is 0.664. The Morgan fingerprint density at radius 2 is 2.32 bits per heavy atom. The number of hydrogen-bond donors (Lipinski definition) is 1. The molecule has 0 bridgehead atoms. The number of nitrogens with two attached hydrogens (primary N) is 1. The lowest BCUT2D eigenvalue weighted by molar-refractivity contribution is 0.0672. The molecule has 2 heterocycles. The second kappa shape index (κ2) is 6.48. The van der Waals surface area contributed by atoms with Crippen molar-refractivity contribution in [2.45, 2.75) is 45.6 Å². The Bertz CT molecular complexity index is 432. The third-order valence-electron chi connectivity index (χ3n) is 3.75. The van der Waals surface area contributed by atoms with E-state index < -0.39 is 0 Å². The van der Waals surface area contributed by atoms with E-state index in [1.807, 2.05) is 10.3 Å². The van der Waals surface area contributed by atoms with Gasteiger partial charge in [0.25, 0.3) is 5.91 Å². The number of nitrogens with zero attached hydrogens (tertiary/aromatic N) is 2. The molecule has 2 rings (SSSR count). The lowest BCUT2D eigenvalue weighted by atomic mass is 10.1. The first-order valence-corrected chi connectivity index (χ1v) is 7.95. The van der Waals surface area contributed by atoms with Crippen molar-refractivity contribution >= 4 is 17.2 Å². The number of thiazole rings is 1. The normalized spacial score (nSPS) is 24.3. The van der Waals surface area contributed by atoms with Crippen LogP contribution in [-0.4, -0.2) is 34.9 Å². The molecule has 0 spiro atoms. The molecule has 1 amide bonds. The van der Waals surface area contributed by atoms with Gasteiger partial charge in [-0.3, -0.25) is 4.79 Å². The molecule has 19 heavy (non-hydrogen) atoms. The molecule has 4 nitrogen and oxygen atoms in total. The summed E-state index contributed by atoms with van der Waals surface area (Å²) in [7, 11) is 0. The fraction of sp³-hybridized carbons (Fsp3) is 0.714. The average Bonchev–Trinajstić information content (AvgIpc) is 2.77. The smallest absolute Gasteiger partial charge is 0.273 e. The van der Waals surface area contributed by atoms with Gasteiger partial charge in [0, 0.05) is 24.4 Å². The largest absolute Gasteiger partial charge is 0.334 e. The Kier molecular flexibility index (Phi) is 4.93. The van der Waals surface area contributed by atoms with E-state index in [-0.39, 0.29) is 5.91 Å². The first kappa shape index (κ1) is 14.5. The van der Waals surface area contributed by atoms with E-state index in [1.165, 1.54) is 24.2 Å². The zero-order valence-corrected chi connectivity index (χ0v) is 12.6. The van der Waals surface area contributed by atoms with Crippen LogP contribution in [0.1, 0.15) is 48.6 Å². The SMILES string of the molecule is CC1CCCC(C)N(C(=O)c2csc(CCN)n2)C1. The van der Waals surface area contributed by atoms with Crippen molar-refractivity contribution in [1.29, 1.82) is 0 Å². The monoisotopic (exact) mass is 281 g/mol. The Balaban J connectivity index is 2.11. The molecule has 106 valence electrons. The third kappa shape index (κ3) is 3.54. The maximum atomic E-state index is 12.6. The average molecular weight is 281 g/mol. The van der Waals surface area contributed by atoms with Crippen LogP contribution in [0.25, 0.3) is 0 Å². The van der Waals surface area contributed by atoms with Crippen LogP contribution in [0, 0.1) is 5.92 Å². The summed E-state index contributed by atoms with van der Waals surface area (Å²) in [6.45, 7) is 5.80. The lowest BCUT2D eigenvalue weighted by Crippen LogP contribution is -2.40. The third-order valence-corrected chi connectivity index (χ3v) is 4.66. The van der Waals surface area contributed by atoms with Crippen LogP contribution in [0.15, 0.2) is 5.38 Å². The molecule has 0 radical (unpaired) electrons. The Morgan fingerprint density at radius 1 is 1.53 bits per heavy atom. The van der Waals surface area contributed by atoms with Gasteiger partial charge in [-0.25, -0.2) is 4.98 Å². The number of rotatable bonds is 3. The summed E-state index contributed by atoms with van der Waals surface area (Å²) in [6, 6.07) is 0.317. The second-order valence-corrected chi connectivity index (χ2v) is 6.45. The molecule has 1 aromatic rings. The molecule has 5 heteroatoms. The highest BCUT2D eigenvalue weighted by Crippen LogP contribution is 2.23. The summed E-state index contributed by atoms with van der Waals surface area (Å²) in [6.07, 6.45) is 4.27. The number of carbonyl (C=O) groups is 1. The highest BCUT2D eigenvalue weighted by Gasteiger charge is 2.27. The van der Waals surface area contributed by atoms with Gasteiger partial charge in [-0.2, -0.15) is 0 Å². The first-order valence-electron chi connectivity index (χ1n) is 7.07. The van der Waals surface area contributed by atoms with Gasteiger partial charge in [-0.1, -0.05) is 13.3 Å². The van der Waals surface area contributed by atoms with Crippen LogP contribution >= 0.6 is 11.3 Å². The molecule has 1 aliphatic heterocycles. The van der Waals surface area contributed by atoms with Gasteiger partial charge in [0.15, 0.2) is 0 Å². The van der Waals surface area contributed by atoms with Crippen molar-refractivity contribution in [3.8, 4) is 0 Å². The van der Waals surface area contributed by atoms with Crippen molar-refractivity contribution in [2.75, 3.05) is 13.1 Å². The topological polar surface area (TPSA) is 59.2 Å². The van der Waals surface area contributed by atoms with E-state index in [9.17, 15) is 4.79 Å². The predicted molar refractivity (Wildman–Crippen MR) is 78.4 cm³/mol. The van der Waals surface area contributed by atoms with Crippen LogP contribution < -0.4 is 5.73 Å². The Morgan fingerprint density at radius 3 is 3.05 bits per heavy atom. The number of aromatic nitrogens is 1. The summed E-state index contributed by atoms with van der Waals surface area (Å²) >= 11 is 1.54. The van der Waals surface area contributed by atoms with E-state index in [0.717, 1.165) is 24.4 Å². The van der Waals surface area contributed by atoms with E-state index >= 15 is 0 Å². The van der Waals surface area contributed by atoms with Crippen molar-refractivity contribution in [1.82, 2.24) is 9.88 Å². The summed E-state index contributed by atoms with van der Waals surface area (Å²) in [5, 5.41) is 2.83. The molecule has 1 fully saturated rings. The standard InChI is InChI=1S/C14H23N3OS/c1-10-4-3-5-11(2)17(8-10)14(18)12-9-19-13(16-12)6-7-15/h9-11H,3-8,15H2,1-2H3. The first-order chi connectivity index (χ1) is 9.11. The molecule has 2 N–H and O–H groups in total. The van der Waals surface area contributed by atoms with Gasteiger partial charge in [0.2, 0.25) is 0 Å². The molecule has 1 aromatic heterocycles. The van der Waals surface area contributed by atoms with Gasteiger partial charge in [-0.15, -0.1) is 11.3 Å². The Hall–Kier alpha value is -0.940. The lowest BCUT2D eigenvalue weighted by Gasteiger charge is -2.28. The minimum atomic E-state index is 0.0840. The highest BCUT2D eigenvalue weighted by atomic mass is 32.1. The van der Waals surface area contributed by atoms with Crippen molar-refractivity contribution in [3.05, 3.63) is 16.1 Å². The van der Waals surface area contributed by atoms with Crippen molar-refractivity contribution < 1.29 is 4.79 Å². The molecule has 2 atom stereocenters. The fourth-order valence-corrected chi connectivity index (χ4v) is 3.39. The van der Waals surface area contributed by atoms with E-state index in [4.69, 9.17) is 5.73 Å². The van der Waals surface area contributed by atoms with E-state index in [1.54, 1.807) is 0 Å². The zero-order chi connectivity index (χ0) is 13.8. The minimum Gasteiger partial charge on any atom is -0.334 e. The fourth-order valence-electron chi connectivity index (χ4n) is 2.60. The maximum Gasteiger partial charge on any atom is 0.273 e. The van der Waals surface area contributed by atoms with E-state index in [0.29, 0.717) is 24.2 Å². The van der Waals surface area contributed by atoms with Crippen LogP contribution in [-0.2, 0) is 6.42 Å². The summed E-state index contributed by atoms with van der Waals surface area (Å²) in [5.41, 5.74) is 6.11. The number of hydrogen-bond acceptors (Lipinski definition) is 4. The van der Waals surface area contributed by atoms with Gasteiger partial charge >= 0.3 is 0 Å². The second-order valence-electron chi connectivity index (χ2n) is 5.51. The number of amides is 1. The van der Waals surface area contributed by atoms with Crippen LogP contribution in [0.5, 0.6) is 0 Å². The van der Waals surface area contributed by atoms with Gasteiger partial charge < -0.3 is 10.6 Å². The van der Waals surface area contributed by atoms with Crippen molar-refractivity contribution in [2.24, 2.45) is 11.7 Å². The molecular weight excluding hydrogens is 258 g/mol. The quantitative estimate of drug-likeness (QED) is 0.925. The summed E-state index contributed by atoms with van der Waals surface area (Å²) in [4.78, 5) is 19.0. The number of likely N-dealkylation sites (tertiary alicyclic amines) is 1. The van der Waals surface area contributed by atoms with Crippen LogP contribution in [0.2, 0.25) is 0 Å². The van der Waals surface area contributed by atoms with Crippen LogP contribution in [0.4, 0.5) is 0 Å². The van der Waals surface area contributed by atoms with Crippen molar-refractivity contribution in [3.63, 3.8) is 0 Å². The minimum absolute atomic E-state index is 0.0840. The molecule has 0 saturated carbocycles. The van der Waals surface area contributed by atoms with Gasteiger partial charge in [0.1, 0.15) is 5.69 Å². The molecular formula is C14H23N3OS. The van der Waals surface area contributed by atoms with E-state index in [2.05, 4.69) is 18.8 Å².